The van der Waals surface area contributed by atoms with Crippen LogP contribution in [0.1, 0.15) is 35.0 Å². The Morgan fingerprint density at radius 3 is 2.56 bits per heavy atom. The predicted octanol–water partition coefficient (Wildman–Crippen LogP) is 5.12. The number of halogens is 1. The van der Waals surface area contributed by atoms with Crippen LogP contribution < -0.4 is 0 Å². The van der Waals surface area contributed by atoms with Crippen LogP contribution in [0.2, 0.25) is 5.02 Å². The van der Waals surface area contributed by atoms with E-state index in [1.165, 1.54) is 0 Å². The molecule has 0 fully saturated rings. The third-order valence-electron chi connectivity index (χ3n) is 4.41. The summed E-state index contributed by atoms with van der Waals surface area (Å²) in [6, 6.07) is 15.9. The molecule has 130 valence electrons. The summed E-state index contributed by atoms with van der Waals surface area (Å²) in [4.78, 5) is 12.7. The molecule has 0 radical (unpaired) electrons. The molecule has 1 heterocycles. The molecule has 0 unspecified atom stereocenters. The maximum absolute atomic E-state index is 12.7. The minimum absolute atomic E-state index is 0.0278. The molecule has 4 heteroatoms. The molecule has 0 spiro atoms. The van der Waals surface area contributed by atoms with Gasteiger partial charge in [0.05, 0.1) is 0 Å². The Morgan fingerprint density at radius 1 is 1.12 bits per heavy atom. The van der Waals surface area contributed by atoms with Crippen LogP contribution in [-0.4, -0.2) is 24.1 Å². The van der Waals surface area contributed by atoms with Crippen molar-refractivity contribution in [2.24, 2.45) is 0 Å². The summed E-state index contributed by atoms with van der Waals surface area (Å²) in [7, 11) is 1.56. The van der Waals surface area contributed by atoms with E-state index in [0.29, 0.717) is 6.54 Å². The predicted molar refractivity (Wildman–Crippen MR) is 103 cm³/mol. The molecule has 0 N–H and O–H groups in total. The van der Waals surface area contributed by atoms with E-state index >= 15 is 0 Å². The van der Waals surface area contributed by atoms with E-state index in [4.69, 9.17) is 16.3 Å². The number of carbonyl (C=O) groups excluding carboxylic acids is 1. The largest absolute Gasteiger partial charge is 0.377 e. The minimum Gasteiger partial charge on any atom is -0.377 e. The molecule has 0 atom stereocenters. The van der Waals surface area contributed by atoms with Gasteiger partial charge in [-0.2, -0.15) is 0 Å². The highest BCUT2D eigenvalue weighted by Gasteiger charge is 2.22. The second-order valence-electron chi connectivity index (χ2n) is 6.12. The monoisotopic (exact) mass is 355 g/mol. The molecule has 1 aromatic heterocycles. The van der Waals surface area contributed by atoms with E-state index in [0.717, 1.165) is 45.6 Å². The molecule has 0 bridgehead atoms. The molecule has 0 aliphatic rings. The van der Waals surface area contributed by atoms with Crippen molar-refractivity contribution in [3.8, 4) is 0 Å². The van der Waals surface area contributed by atoms with E-state index in [9.17, 15) is 4.79 Å². The van der Waals surface area contributed by atoms with Crippen LogP contribution in [0.25, 0.3) is 10.9 Å². The molecule has 0 saturated carbocycles. The van der Waals surface area contributed by atoms with E-state index in [-0.39, 0.29) is 12.4 Å². The number of hydrogen-bond donors (Lipinski definition) is 0. The van der Waals surface area contributed by atoms with E-state index in [1.807, 2.05) is 42.5 Å². The smallest absolute Gasteiger partial charge is 0.190 e. The van der Waals surface area contributed by atoms with Crippen LogP contribution in [0.5, 0.6) is 0 Å². The van der Waals surface area contributed by atoms with Crippen molar-refractivity contribution in [2.75, 3.05) is 13.7 Å². The van der Waals surface area contributed by atoms with Gasteiger partial charge >= 0.3 is 0 Å². The van der Waals surface area contributed by atoms with Gasteiger partial charge in [-0.1, -0.05) is 61.3 Å². The lowest BCUT2D eigenvalue weighted by atomic mass is 10.0. The first-order chi connectivity index (χ1) is 12.2. The summed E-state index contributed by atoms with van der Waals surface area (Å²) in [5.74, 6) is 0.0278. The third kappa shape index (κ3) is 3.48. The number of Topliss-reactive ketones (excluding diaryl/α,β-unsaturated/α-hetero) is 1. The van der Waals surface area contributed by atoms with E-state index < -0.39 is 0 Å². The molecule has 3 nitrogen and oxygen atoms in total. The van der Waals surface area contributed by atoms with Crippen molar-refractivity contribution >= 4 is 28.3 Å². The Kier molecular flexibility index (Phi) is 5.57. The van der Waals surface area contributed by atoms with Gasteiger partial charge in [0.1, 0.15) is 6.61 Å². The highest BCUT2D eigenvalue weighted by molar-refractivity contribution is 6.31. The quantitative estimate of drug-likeness (QED) is 0.550. The van der Waals surface area contributed by atoms with Crippen molar-refractivity contribution in [3.05, 3.63) is 70.4 Å². The first kappa shape index (κ1) is 17.7. The zero-order chi connectivity index (χ0) is 17.8. The van der Waals surface area contributed by atoms with Gasteiger partial charge in [-0.25, -0.2) is 0 Å². The van der Waals surface area contributed by atoms with E-state index in [1.54, 1.807) is 7.11 Å². The van der Waals surface area contributed by atoms with Crippen LogP contribution in [0, 0.1) is 0 Å². The van der Waals surface area contributed by atoms with Crippen molar-refractivity contribution in [3.63, 3.8) is 0 Å². The molecular weight excluding hydrogens is 334 g/mol. The van der Waals surface area contributed by atoms with Gasteiger partial charge in [0.2, 0.25) is 0 Å². The SMILES string of the molecule is CCCc1c(C(=O)COC)c2ccccc2n1Cc1ccccc1Cl. The molecule has 25 heavy (non-hydrogen) atoms. The highest BCUT2D eigenvalue weighted by atomic mass is 35.5. The summed E-state index contributed by atoms with van der Waals surface area (Å²) in [5, 5.41) is 1.73. The maximum atomic E-state index is 12.7. The molecule has 0 saturated heterocycles. The maximum Gasteiger partial charge on any atom is 0.190 e. The van der Waals surface area contributed by atoms with Crippen LogP contribution in [-0.2, 0) is 17.7 Å². The number of ketones is 1. The fourth-order valence-electron chi connectivity index (χ4n) is 3.34. The second-order valence-corrected chi connectivity index (χ2v) is 6.53. The number of benzene rings is 2. The van der Waals surface area contributed by atoms with Gasteiger partial charge in [0.25, 0.3) is 0 Å². The topological polar surface area (TPSA) is 31.2 Å². The number of aromatic nitrogens is 1. The molecule has 2 aromatic carbocycles. The first-order valence-electron chi connectivity index (χ1n) is 8.53. The number of rotatable bonds is 7. The lowest BCUT2D eigenvalue weighted by molar-refractivity contribution is 0.0848. The number of ether oxygens (including phenoxy) is 1. The number of nitrogens with zero attached hydrogens (tertiary/aromatic N) is 1. The molecule has 3 rings (SSSR count). The summed E-state index contributed by atoms with van der Waals surface area (Å²) in [5.41, 5.74) is 3.95. The summed E-state index contributed by atoms with van der Waals surface area (Å²) in [6.45, 7) is 2.87. The zero-order valence-corrected chi connectivity index (χ0v) is 15.3. The lowest BCUT2D eigenvalue weighted by Gasteiger charge is -2.13. The van der Waals surface area contributed by atoms with Crippen molar-refractivity contribution in [2.45, 2.75) is 26.3 Å². The lowest BCUT2D eigenvalue weighted by Crippen LogP contribution is -2.12. The van der Waals surface area contributed by atoms with Crippen LogP contribution in [0.4, 0.5) is 0 Å². The third-order valence-corrected chi connectivity index (χ3v) is 4.77. The van der Waals surface area contributed by atoms with Gasteiger partial charge in [0, 0.05) is 40.8 Å². The van der Waals surface area contributed by atoms with Crippen LogP contribution in [0.3, 0.4) is 0 Å². The van der Waals surface area contributed by atoms with Crippen molar-refractivity contribution in [1.29, 1.82) is 0 Å². The minimum atomic E-state index is 0.0278. The summed E-state index contributed by atoms with van der Waals surface area (Å²) in [6.07, 6.45) is 1.80. The average Bonchev–Trinajstić information content (AvgIpc) is 2.91. The molecule has 0 aliphatic heterocycles. The molecule has 3 aromatic rings. The van der Waals surface area contributed by atoms with Crippen LogP contribution >= 0.6 is 11.6 Å². The molecule has 0 amide bonds. The summed E-state index contributed by atoms with van der Waals surface area (Å²) < 4.78 is 7.33. The zero-order valence-electron chi connectivity index (χ0n) is 14.6. The molecular formula is C21H22ClNO2. The van der Waals surface area contributed by atoms with Crippen LogP contribution in [0.15, 0.2) is 48.5 Å². The number of hydrogen-bond acceptors (Lipinski definition) is 2. The number of fused-ring (bicyclic) bond motifs is 1. The van der Waals surface area contributed by atoms with Gasteiger partial charge in [-0.15, -0.1) is 0 Å². The second kappa shape index (κ2) is 7.85. The number of methoxy groups -OCH3 is 1. The fraction of sp³-hybridized carbons (Fsp3) is 0.286. The Morgan fingerprint density at radius 2 is 1.84 bits per heavy atom. The Hall–Kier alpha value is -2.10. The van der Waals surface area contributed by atoms with Gasteiger partial charge in [-0.05, 0) is 24.1 Å². The van der Waals surface area contributed by atoms with Crippen molar-refractivity contribution in [1.82, 2.24) is 4.57 Å². The first-order valence-corrected chi connectivity index (χ1v) is 8.90. The number of para-hydroxylation sites is 1. The highest BCUT2D eigenvalue weighted by Crippen LogP contribution is 2.30. The standard InChI is InChI=1S/C21H22ClNO2/c1-3-8-19-21(20(24)14-25-2)16-10-5-7-12-18(16)23(19)13-15-9-4-6-11-17(15)22/h4-7,9-12H,3,8,13-14H2,1-2H3. The van der Waals surface area contributed by atoms with Crippen molar-refractivity contribution < 1.29 is 9.53 Å². The van der Waals surface area contributed by atoms with Gasteiger partial charge in [-0.3, -0.25) is 4.79 Å². The fourth-order valence-corrected chi connectivity index (χ4v) is 3.54. The number of carbonyl (C=O) groups is 1. The Bertz CT molecular complexity index is 898. The van der Waals surface area contributed by atoms with Gasteiger partial charge in [0.15, 0.2) is 5.78 Å². The average molecular weight is 356 g/mol. The Labute approximate surface area is 153 Å². The normalized spacial score (nSPS) is 11.2. The van der Waals surface area contributed by atoms with Gasteiger partial charge < -0.3 is 9.30 Å². The summed E-state index contributed by atoms with van der Waals surface area (Å²) >= 11 is 6.37. The van der Waals surface area contributed by atoms with E-state index in [2.05, 4.69) is 17.6 Å². The Balaban J connectivity index is 2.21. The molecule has 0 aliphatic carbocycles.